The van der Waals surface area contributed by atoms with Crippen molar-refractivity contribution in [2.24, 2.45) is 0 Å². The number of hydrogen-bond acceptors (Lipinski definition) is 5. The van der Waals surface area contributed by atoms with E-state index in [9.17, 15) is 4.79 Å². The summed E-state index contributed by atoms with van der Waals surface area (Å²) >= 11 is 1.42. The minimum absolute atomic E-state index is 0.0838. The molecule has 0 aromatic carbocycles. The molecule has 0 saturated carbocycles. The quantitative estimate of drug-likeness (QED) is 0.769. The standard InChI is InChI=1S/C17H16N4OS/c1-11-8-9-19-16(10-11)21-15-5-3-4-12(20-15)13-6-7-14(23-13)17(22)18-2/h3-10H,1-2H3,(H,18,22)(H,19,20,21). The predicted molar refractivity (Wildman–Crippen MR) is 93.2 cm³/mol. The minimum atomic E-state index is -0.0838. The Morgan fingerprint density at radius 3 is 2.78 bits per heavy atom. The molecule has 0 atom stereocenters. The summed E-state index contributed by atoms with van der Waals surface area (Å²) in [5.41, 5.74) is 1.95. The van der Waals surface area contributed by atoms with Crippen LogP contribution in [0.4, 0.5) is 11.6 Å². The number of hydrogen-bond donors (Lipinski definition) is 2. The zero-order chi connectivity index (χ0) is 16.2. The number of nitrogens with zero attached hydrogens (tertiary/aromatic N) is 2. The Bertz CT molecular complexity index is 844. The first-order valence-electron chi connectivity index (χ1n) is 7.15. The fourth-order valence-corrected chi connectivity index (χ4v) is 3.02. The molecule has 5 nitrogen and oxygen atoms in total. The molecule has 0 saturated heterocycles. The summed E-state index contributed by atoms with van der Waals surface area (Å²) in [5, 5.41) is 5.82. The van der Waals surface area contributed by atoms with Crippen molar-refractivity contribution < 1.29 is 4.79 Å². The molecule has 0 aliphatic heterocycles. The molecule has 0 bridgehead atoms. The fraction of sp³-hybridized carbons (Fsp3) is 0.118. The van der Waals surface area contributed by atoms with Crippen LogP contribution >= 0.6 is 11.3 Å². The first kappa shape index (κ1) is 15.2. The van der Waals surface area contributed by atoms with Crippen LogP contribution in [-0.2, 0) is 0 Å². The first-order valence-corrected chi connectivity index (χ1v) is 7.96. The molecular weight excluding hydrogens is 308 g/mol. The van der Waals surface area contributed by atoms with Crippen LogP contribution in [0, 0.1) is 6.92 Å². The van der Waals surface area contributed by atoms with Gasteiger partial charge in [-0.1, -0.05) is 6.07 Å². The van der Waals surface area contributed by atoms with E-state index >= 15 is 0 Å². The second-order valence-electron chi connectivity index (χ2n) is 4.99. The van der Waals surface area contributed by atoms with Crippen molar-refractivity contribution in [1.29, 1.82) is 0 Å². The summed E-state index contributed by atoms with van der Waals surface area (Å²) < 4.78 is 0. The maximum Gasteiger partial charge on any atom is 0.261 e. The highest BCUT2D eigenvalue weighted by Crippen LogP contribution is 2.28. The van der Waals surface area contributed by atoms with Crippen LogP contribution in [0.15, 0.2) is 48.7 Å². The van der Waals surface area contributed by atoms with Gasteiger partial charge in [0.2, 0.25) is 0 Å². The van der Waals surface area contributed by atoms with Crippen molar-refractivity contribution >= 4 is 28.9 Å². The molecule has 3 heterocycles. The van der Waals surface area contributed by atoms with Crippen molar-refractivity contribution in [3.63, 3.8) is 0 Å². The van der Waals surface area contributed by atoms with E-state index in [1.54, 1.807) is 13.2 Å². The third-order valence-corrected chi connectivity index (χ3v) is 4.34. The predicted octanol–water partition coefficient (Wildman–Crippen LogP) is 3.62. The van der Waals surface area contributed by atoms with E-state index in [4.69, 9.17) is 0 Å². The van der Waals surface area contributed by atoms with Gasteiger partial charge in [-0.3, -0.25) is 4.79 Å². The van der Waals surface area contributed by atoms with E-state index < -0.39 is 0 Å². The molecule has 116 valence electrons. The molecule has 0 radical (unpaired) electrons. The zero-order valence-electron chi connectivity index (χ0n) is 12.8. The summed E-state index contributed by atoms with van der Waals surface area (Å²) in [4.78, 5) is 22.1. The molecule has 0 aliphatic rings. The number of carbonyl (C=O) groups excluding carboxylic acids is 1. The summed E-state index contributed by atoms with van der Waals surface area (Å²) in [6.45, 7) is 2.02. The van der Waals surface area contributed by atoms with Crippen molar-refractivity contribution in [2.75, 3.05) is 12.4 Å². The number of amides is 1. The van der Waals surface area contributed by atoms with Gasteiger partial charge in [0, 0.05) is 13.2 Å². The van der Waals surface area contributed by atoms with Crippen LogP contribution in [0.2, 0.25) is 0 Å². The van der Waals surface area contributed by atoms with E-state index in [-0.39, 0.29) is 5.91 Å². The monoisotopic (exact) mass is 324 g/mol. The second kappa shape index (κ2) is 6.58. The van der Waals surface area contributed by atoms with Gasteiger partial charge in [0.15, 0.2) is 0 Å². The first-order chi connectivity index (χ1) is 11.2. The number of aromatic nitrogens is 2. The van der Waals surface area contributed by atoms with E-state index in [1.807, 2.05) is 49.4 Å². The summed E-state index contributed by atoms with van der Waals surface area (Å²) in [7, 11) is 1.62. The molecule has 6 heteroatoms. The molecule has 23 heavy (non-hydrogen) atoms. The SMILES string of the molecule is CNC(=O)c1ccc(-c2cccc(Nc3cc(C)ccn3)n2)s1. The molecule has 2 N–H and O–H groups in total. The van der Waals surface area contributed by atoms with Crippen LogP contribution in [0.5, 0.6) is 0 Å². The van der Waals surface area contributed by atoms with Gasteiger partial charge in [0.25, 0.3) is 5.91 Å². The summed E-state index contributed by atoms with van der Waals surface area (Å²) in [6.07, 6.45) is 1.76. The molecule has 1 amide bonds. The van der Waals surface area contributed by atoms with Gasteiger partial charge in [-0.25, -0.2) is 9.97 Å². The molecule has 3 aromatic rings. The lowest BCUT2D eigenvalue weighted by molar-refractivity contribution is 0.0967. The highest BCUT2D eigenvalue weighted by molar-refractivity contribution is 7.17. The van der Waals surface area contributed by atoms with E-state index in [0.717, 1.165) is 27.8 Å². The summed E-state index contributed by atoms with van der Waals surface area (Å²) in [6, 6.07) is 13.4. The lowest BCUT2D eigenvalue weighted by atomic mass is 10.3. The Hall–Kier alpha value is -2.73. The van der Waals surface area contributed by atoms with Gasteiger partial charge >= 0.3 is 0 Å². The molecule has 3 rings (SSSR count). The molecular formula is C17H16N4OS. The van der Waals surface area contributed by atoms with Crippen molar-refractivity contribution in [1.82, 2.24) is 15.3 Å². The Morgan fingerprint density at radius 1 is 1.13 bits per heavy atom. The van der Waals surface area contributed by atoms with E-state index in [2.05, 4.69) is 20.6 Å². The minimum Gasteiger partial charge on any atom is -0.354 e. The van der Waals surface area contributed by atoms with Gasteiger partial charge in [0.05, 0.1) is 15.4 Å². The van der Waals surface area contributed by atoms with Crippen LogP contribution in [0.1, 0.15) is 15.2 Å². The summed E-state index contributed by atoms with van der Waals surface area (Å²) in [5.74, 6) is 1.39. The van der Waals surface area contributed by atoms with Gasteiger partial charge < -0.3 is 10.6 Å². The van der Waals surface area contributed by atoms with Crippen LogP contribution < -0.4 is 10.6 Å². The van der Waals surface area contributed by atoms with Crippen molar-refractivity contribution in [3.8, 4) is 10.6 Å². The number of rotatable bonds is 4. The van der Waals surface area contributed by atoms with Gasteiger partial charge in [-0.15, -0.1) is 11.3 Å². The number of pyridine rings is 2. The highest BCUT2D eigenvalue weighted by atomic mass is 32.1. The van der Waals surface area contributed by atoms with Crippen LogP contribution in [0.3, 0.4) is 0 Å². The lowest BCUT2D eigenvalue weighted by Crippen LogP contribution is -2.15. The number of aryl methyl sites for hydroxylation is 1. The Kier molecular flexibility index (Phi) is 4.34. The lowest BCUT2D eigenvalue weighted by Gasteiger charge is -2.06. The Balaban J connectivity index is 1.85. The smallest absolute Gasteiger partial charge is 0.261 e. The Morgan fingerprint density at radius 2 is 2.00 bits per heavy atom. The Labute approximate surface area is 138 Å². The topological polar surface area (TPSA) is 66.9 Å². The largest absolute Gasteiger partial charge is 0.354 e. The number of nitrogens with one attached hydrogen (secondary N) is 2. The zero-order valence-corrected chi connectivity index (χ0v) is 13.6. The normalized spacial score (nSPS) is 10.3. The van der Waals surface area contributed by atoms with Gasteiger partial charge in [0.1, 0.15) is 11.6 Å². The highest BCUT2D eigenvalue weighted by Gasteiger charge is 2.10. The molecule has 0 aliphatic carbocycles. The van der Waals surface area contributed by atoms with Gasteiger partial charge in [-0.2, -0.15) is 0 Å². The third kappa shape index (κ3) is 3.54. The maximum atomic E-state index is 11.7. The van der Waals surface area contributed by atoms with Crippen LogP contribution in [-0.4, -0.2) is 22.9 Å². The van der Waals surface area contributed by atoms with Crippen molar-refractivity contribution in [3.05, 3.63) is 59.1 Å². The molecule has 0 spiro atoms. The molecule has 0 unspecified atom stereocenters. The second-order valence-corrected chi connectivity index (χ2v) is 6.08. The average Bonchev–Trinajstić information content (AvgIpc) is 3.04. The number of carbonyl (C=O) groups is 1. The molecule has 3 aromatic heterocycles. The fourth-order valence-electron chi connectivity index (χ4n) is 2.10. The van der Waals surface area contributed by atoms with Gasteiger partial charge in [-0.05, 0) is 48.9 Å². The van der Waals surface area contributed by atoms with E-state index in [1.165, 1.54) is 11.3 Å². The number of anilines is 2. The van der Waals surface area contributed by atoms with E-state index in [0.29, 0.717) is 4.88 Å². The van der Waals surface area contributed by atoms with Crippen LogP contribution in [0.25, 0.3) is 10.6 Å². The average molecular weight is 324 g/mol. The number of thiophene rings is 1. The third-order valence-electron chi connectivity index (χ3n) is 3.23. The maximum absolute atomic E-state index is 11.7. The molecule has 0 fully saturated rings. The van der Waals surface area contributed by atoms with Crippen molar-refractivity contribution in [2.45, 2.75) is 6.92 Å².